The third-order valence-electron chi connectivity index (χ3n) is 3.20. The van der Waals surface area contributed by atoms with Crippen molar-refractivity contribution in [3.8, 4) is 11.5 Å². The molecular formula is C17H21NO2. The molecule has 2 N–H and O–H groups in total. The van der Waals surface area contributed by atoms with Gasteiger partial charge in [0.2, 0.25) is 0 Å². The molecule has 0 fully saturated rings. The number of nitrogens with two attached hydrogens (primary N) is 1. The third kappa shape index (κ3) is 4.00. The van der Waals surface area contributed by atoms with Gasteiger partial charge in [0.25, 0.3) is 0 Å². The summed E-state index contributed by atoms with van der Waals surface area (Å²) in [7, 11) is 1.65. The van der Waals surface area contributed by atoms with E-state index < -0.39 is 0 Å². The van der Waals surface area contributed by atoms with E-state index in [0.29, 0.717) is 13.2 Å². The maximum Gasteiger partial charge on any atom is 0.127 e. The van der Waals surface area contributed by atoms with Crippen LogP contribution in [0.25, 0.3) is 0 Å². The monoisotopic (exact) mass is 271 g/mol. The summed E-state index contributed by atoms with van der Waals surface area (Å²) in [6.07, 6.45) is 1.99. The van der Waals surface area contributed by atoms with E-state index in [1.165, 1.54) is 5.56 Å². The summed E-state index contributed by atoms with van der Waals surface area (Å²) in [6, 6.07) is 16.2. The molecule has 0 amide bonds. The molecule has 0 radical (unpaired) electrons. The molecule has 0 aliphatic carbocycles. The standard InChI is InChI=1S/C17H21NO2/c1-19-16-10-9-15(13-18)17(12-16)20-11-5-8-14-6-3-2-4-7-14/h2-4,6-7,9-10,12H,5,8,11,13,18H2,1H3. The molecular weight excluding hydrogens is 250 g/mol. The van der Waals surface area contributed by atoms with Crippen molar-refractivity contribution in [3.63, 3.8) is 0 Å². The van der Waals surface area contributed by atoms with E-state index in [-0.39, 0.29) is 0 Å². The van der Waals surface area contributed by atoms with Crippen molar-refractivity contribution in [3.05, 3.63) is 59.7 Å². The first-order valence-corrected chi connectivity index (χ1v) is 6.87. The van der Waals surface area contributed by atoms with Gasteiger partial charge in [-0.1, -0.05) is 36.4 Å². The van der Waals surface area contributed by atoms with Crippen LogP contribution in [0.2, 0.25) is 0 Å². The van der Waals surface area contributed by atoms with Gasteiger partial charge in [-0.2, -0.15) is 0 Å². The van der Waals surface area contributed by atoms with E-state index in [9.17, 15) is 0 Å². The Hall–Kier alpha value is -2.00. The molecule has 106 valence electrons. The van der Waals surface area contributed by atoms with Crippen LogP contribution in [0, 0.1) is 0 Å². The van der Waals surface area contributed by atoms with Gasteiger partial charge in [-0.3, -0.25) is 0 Å². The van der Waals surface area contributed by atoms with Gasteiger partial charge in [0.05, 0.1) is 13.7 Å². The molecule has 3 heteroatoms. The lowest BCUT2D eigenvalue weighted by Crippen LogP contribution is -2.05. The molecule has 2 aromatic carbocycles. The van der Waals surface area contributed by atoms with Crippen molar-refractivity contribution >= 4 is 0 Å². The topological polar surface area (TPSA) is 44.5 Å². The summed E-state index contributed by atoms with van der Waals surface area (Å²) in [4.78, 5) is 0. The first-order valence-electron chi connectivity index (χ1n) is 6.87. The van der Waals surface area contributed by atoms with Crippen molar-refractivity contribution in [1.82, 2.24) is 0 Å². The smallest absolute Gasteiger partial charge is 0.127 e. The molecule has 0 unspecified atom stereocenters. The molecule has 0 spiro atoms. The summed E-state index contributed by atoms with van der Waals surface area (Å²) >= 11 is 0. The van der Waals surface area contributed by atoms with E-state index >= 15 is 0 Å². The Balaban J connectivity index is 1.87. The predicted molar refractivity (Wildman–Crippen MR) is 81.1 cm³/mol. The molecule has 2 rings (SSSR count). The second kappa shape index (κ2) is 7.56. The van der Waals surface area contributed by atoms with Crippen LogP contribution in [-0.2, 0) is 13.0 Å². The number of methoxy groups -OCH3 is 1. The van der Waals surface area contributed by atoms with Gasteiger partial charge < -0.3 is 15.2 Å². The van der Waals surface area contributed by atoms with Gasteiger partial charge in [0.15, 0.2) is 0 Å². The lowest BCUT2D eigenvalue weighted by molar-refractivity contribution is 0.305. The van der Waals surface area contributed by atoms with Crippen LogP contribution in [-0.4, -0.2) is 13.7 Å². The van der Waals surface area contributed by atoms with E-state index in [1.54, 1.807) is 7.11 Å². The van der Waals surface area contributed by atoms with E-state index in [4.69, 9.17) is 15.2 Å². The fourth-order valence-electron chi connectivity index (χ4n) is 2.07. The summed E-state index contributed by atoms with van der Waals surface area (Å²) in [5.41, 5.74) is 8.06. The number of hydrogen-bond donors (Lipinski definition) is 1. The van der Waals surface area contributed by atoms with Crippen LogP contribution in [0.1, 0.15) is 17.5 Å². The summed E-state index contributed by atoms with van der Waals surface area (Å²) in [5.74, 6) is 1.61. The minimum Gasteiger partial charge on any atom is -0.497 e. The van der Waals surface area contributed by atoms with E-state index in [1.807, 2.05) is 24.3 Å². The number of aryl methyl sites for hydroxylation is 1. The second-order valence-corrected chi connectivity index (χ2v) is 4.62. The molecule has 0 saturated heterocycles. The molecule has 0 aliphatic rings. The van der Waals surface area contributed by atoms with Gasteiger partial charge in [0.1, 0.15) is 11.5 Å². The highest BCUT2D eigenvalue weighted by atomic mass is 16.5. The Kier molecular flexibility index (Phi) is 5.44. The Morgan fingerprint density at radius 2 is 1.85 bits per heavy atom. The number of rotatable bonds is 7. The number of hydrogen-bond acceptors (Lipinski definition) is 3. The van der Waals surface area contributed by atoms with Crippen molar-refractivity contribution in [2.24, 2.45) is 5.73 Å². The Morgan fingerprint density at radius 1 is 1.05 bits per heavy atom. The highest BCUT2D eigenvalue weighted by Gasteiger charge is 2.04. The fourth-order valence-corrected chi connectivity index (χ4v) is 2.07. The van der Waals surface area contributed by atoms with E-state index in [2.05, 4.69) is 24.3 Å². The fraction of sp³-hybridized carbons (Fsp3) is 0.294. The normalized spacial score (nSPS) is 10.3. The van der Waals surface area contributed by atoms with Gasteiger partial charge >= 0.3 is 0 Å². The van der Waals surface area contributed by atoms with Gasteiger partial charge in [0, 0.05) is 18.2 Å². The zero-order valence-corrected chi connectivity index (χ0v) is 11.8. The van der Waals surface area contributed by atoms with Gasteiger partial charge in [-0.15, -0.1) is 0 Å². The molecule has 3 nitrogen and oxygen atoms in total. The minimum absolute atomic E-state index is 0.470. The Morgan fingerprint density at radius 3 is 2.55 bits per heavy atom. The molecule has 20 heavy (non-hydrogen) atoms. The van der Waals surface area contributed by atoms with Crippen LogP contribution < -0.4 is 15.2 Å². The van der Waals surface area contributed by atoms with Gasteiger partial charge in [-0.25, -0.2) is 0 Å². The van der Waals surface area contributed by atoms with Crippen molar-refractivity contribution in [1.29, 1.82) is 0 Å². The largest absolute Gasteiger partial charge is 0.497 e. The first-order chi connectivity index (χ1) is 9.83. The maximum absolute atomic E-state index is 5.83. The lowest BCUT2D eigenvalue weighted by atomic mass is 10.1. The van der Waals surface area contributed by atoms with Crippen molar-refractivity contribution in [2.75, 3.05) is 13.7 Å². The molecule has 0 aromatic heterocycles. The van der Waals surface area contributed by atoms with Crippen LogP contribution in [0.15, 0.2) is 48.5 Å². The quantitative estimate of drug-likeness (QED) is 0.787. The average Bonchev–Trinajstić information content (AvgIpc) is 2.52. The second-order valence-electron chi connectivity index (χ2n) is 4.62. The molecule has 0 heterocycles. The van der Waals surface area contributed by atoms with Crippen LogP contribution >= 0.6 is 0 Å². The molecule has 0 bridgehead atoms. The Bertz CT molecular complexity index is 526. The average molecular weight is 271 g/mol. The molecule has 0 aliphatic heterocycles. The summed E-state index contributed by atoms with van der Waals surface area (Å²) in [6.45, 7) is 1.15. The van der Waals surface area contributed by atoms with Crippen LogP contribution in [0.3, 0.4) is 0 Å². The highest BCUT2D eigenvalue weighted by Crippen LogP contribution is 2.24. The lowest BCUT2D eigenvalue weighted by Gasteiger charge is -2.12. The molecule has 2 aromatic rings. The van der Waals surface area contributed by atoms with E-state index in [0.717, 1.165) is 29.9 Å². The highest BCUT2D eigenvalue weighted by molar-refractivity contribution is 5.40. The zero-order valence-electron chi connectivity index (χ0n) is 11.8. The molecule has 0 atom stereocenters. The number of benzene rings is 2. The minimum atomic E-state index is 0.470. The van der Waals surface area contributed by atoms with Crippen LogP contribution in [0.4, 0.5) is 0 Å². The van der Waals surface area contributed by atoms with Crippen LogP contribution in [0.5, 0.6) is 11.5 Å². The van der Waals surface area contributed by atoms with Gasteiger partial charge in [-0.05, 0) is 24.5 Å². The first kappa shape index (κ1) is 14.4. The zero-order chi connectivity index (χ0) is 14.2. The number of ether oxygens (including phenoxy) is 2. The summed E-state index contributed by atoms with van der Waals surface area (Å²) in [5, 5.41) is 0. The Labute approximate surface area is 120 Å². The third-order valence-corrected chi connectivity index (χ3v) is 3.20. The molecule has 0 saturated carbocycles. The van der Waals surface area contributed by atoms with Crippen molar-refractivity contribution in [2.45, 2.75) is 19.4 Å². The maximum atomic E-state index is 5.83. The van der Waals surface area contributed by atoms with Crippen molar-refractivity contribution < 1.29 is 9.47 Å². The SMILES string of the molecule is COc1ccc(CN)c(OCCCc2ccccc2)c1. The summed E-state index contributed by atoms with van der Waals surface area (Å²) < 4.78 is 11.0. The predicted octanol–water partition coefficient (Wildman–Crippen LogP) is 3.17.